The van der Waals surface area contributed by atoms with Crippen molar-refractivity contribution in [1.29, 1.82) is 0 Å². The zero-order valence-corrected chi connectivity index (χ0v) is 15.6. The van der Waals surface area contributed by atoms with Crippen molar-refractivity contribution in [1.82, 2.24) is 0 Å². The van der Waals surface area contributed by atoms with Crippen molar-refractivity contribution in [3.05, 3.63) is 68.8 Å². The third-order valence-corrected chi connectivity index (χ3v) is 6.36. The van der Waals surface area contributed by atoms with Gasteiger partial charge >= 0.3 is 0 Å². The summed E-state index contributed by atoms with van der Waals surface area (Å²) in [4.78, 5) is 0. The van der Waals surface area contributed by atoms with Gasteiger partial charge in [-0.1, -0.05) is 31.2 Å². The fourth-order valence-corrected chi connectivity index (χ4v) is 4.58. The van der Waals surface area contributed by atoms with Crippen molar-refractivity contribution in [2.24, 2.45) is 0 Å². The Morgan fingerprint density at radius 2 is 1.30 bits per heavy atom. The molecule has 120 valence electrons. The van der Waals surface area contributed by atoms with Gasteiger partial charge < -0.3 is 0 Å². The third kappa shape index (κ3) is 2.04. The Morgan fingerprint density at radius 1 is 0.783 bits per heavy atom. The van der Waals surface area contributed by atoms with Crippen LogP contribution in [0.1, 0.15) is 57.3 Å². The van der Waals surface area contributed by atoms with E-state index < -0.39 is 0 Å². The Morgan fingerprint density at radius 3 is 1.87 bits per heavy atom. The molecule has 0 heterocycles. The first-order chi connectivity index (χ1) is 10.8. The molecule has 0 saturated heterocycles. The summed E-state index contributed by atoms with van der Waals surface area (Å²) in [5.74, 6) is 0.507. The maximum absolute atomic E-state index is 3.90. The number of hydrogen-bond donors (Lipinski definition) is 0. The van der Waals surface area contributed by atoms with Crippen LogP contribution in [0.5, 0.6) is 0 Å². The number of benzene rings is 2. The van der Waals surface area contributed by atoms with Gasteiger partial charge in [-0.05, 0) is 103 Å². The molecule has 3 rings (SSSR count). The Hall–Kier alpha value is -1.82. The van der Waals surface area contributed by atoms with Crippen molar-refractivity contribution < 1.29 is 0 Å². The molecule has 2 aromatic rings. The van der Waals surface area contributed by atoms with Crippen molar-refractivity contribution in [2.75, 3.05) is 0 Å². The number of aryl methyl sites for hydroxylation is 3. The van der Waals surface area contributed by atoms with Gasteiger partial charge in [-0.3, -0.25) is 0 Å². The second kappa shape index (κ2) is 5.37. The lowest BCUT2D eigenvalue weighted by atomic mass is 9.82. The summed E-state index contributed by atoms with van der Waals surface area (Å²) in [5.41, 5.74) is 13.4. The Kier molecular flexibility index (Phi) is 3.75. The SMILES string of the molecule is C=C/C=C1\Cc2c(c(C)c(C)c3c(C)c(C)c(C)c(C)c23)C1C. The van der Waals surface area contributed by atoms with E-state index in [1.54, 1.807) is 11.1 Å². The van der Waals surface area contributed by atoms with Gasteiger partial charge in [0.15, 0.2) is 0 Å². The molecule has 0 aliphatic heterocycles. The van der Waals surface area contributed by atoms with Crippen molar-refractivity contribution in [3.63, 3.8) is 0 Å². The topological polar surface area (TPSA) is 0 Å². The monoisotopic (exact) mass is 304 g/mol. The molecule has 1 atom stereocenters. The molecule has 0 aromatic heterocycles. The van der Waals surface area contributed by atoms with Gasteiger partial charge in [-0.2, -0.15) is 0 Å². The zero-order valence-electron chi connectivity index (χ0n) is 15.6. The molecule has 0 radical (unpaired) electrons. The molecule has 0 nitrogen and oxygen atoms in total. The maximum atomic E-state index is 3.90. The molecule has 0 fully saturated rings. The van der Waals surface area contributed by atoms with E-state index in [1.807, 2.05) is 6.08 Å². The van der Waals surface area contributed by atoms with E-state index in [1.165, 1.54) is 49.7 Å². The van der Waals surface area contributed by atoms with E-state index in [9.17, 15) is 0 Å². The first-order valence-corrected chi connectivity index (χ1v) is 8.64. The van der Waals surface area contributed by atoms with E-state index in [0.29, 0.717) is 5.92 Å². The highest BCUT2D eigenvalue weighted by Crippen LogP contribution is 2.47. The molecule has 2 aromatic carbocycles. The number of allylic oxidation sites excluding steroid dienone is 3. The summed E-state index contributed by atoms with van der Waals surface area (Å²) in [6, 6.07) is 0. The maximum Gasteiger partial charge on any atom is 0.00320 e. The van der Waals surface area contributed by atoms with Crippen LogP contribution >= 0.6 is 0 Å². The van der Waals surface area contributed by atoms with Crippen molar-refractivity contribution >= 4 is 10.8 Å². The Labute approximate surface area is 140 Å². The lowest BCUT2D eigenvalue weighted by molar-refractivity contribution is 0.915. The second-order valence-corrected chi connectivity index (χ2v) is 7.27. The highest BCUT2D eigenvalue weighted by Gasteiger charge is 2.29. The van der Waals surface area contributed by atoms with E-state index in [-0.39, 0.29) is 0 Å². The highest BCUT2D eigenvalue weighted by molar-refractivity contribution is 5.98. The van der Waals surface area contributed by atoms with Crippen LogP contribution < -0.4 is 0 Å². The minimum absolute atomic E-state index is 0.507. The summed E-state index contributed by atoms with van der Waals surface area (Å²) in [6.45, 7) is 20.0. The zero-order chi connectivity index (χ0) is 17.0. The van der Waals surface area contributed by atoms with E-state index in [4.69, 9.17) is 0 Å². The molecule has 1 aliphatic carbocycles. The van der Waals surface area contributed by atoms with E-state index in [2.05, 4.69) is 61.1 Å². The Bertz CT molecular complexity index is 876. The molecule has 0 N–H and O–H groups in total. The van der Waals surface area contributed by atoms with Gasteiger partial charge in [-0.15, -0.1) is 0 Å². The molecule has 23 heavy (non-hydrogen) atoms. The Balaban J connectivity index is 2.54. The summed E-state index contributed by atoms with van der Waals surface area (Å²) in [7, 11) is 0. The first kappa shape index (κ1) is 16.1. The molecule has 0 saturated carbocycles. The number of rotatable bonds is 1. The molecule has 1 unspecified atom stereocenters. The summed E-state index contributed by atoms with van der Waals surface area (Å²) in [5, 5.41) is 3.01. The van der Waals surface area contributed by atoms with Crippen LogP contribution in [-0.4, -0.2) is 0 Å². The quantitative estimate of drug-likeness (QED) is 0.567. The fourth-order valence-electron chi connectivity index (χ4n) is 4.58. The fraction of sp³-hybridized carbons (Fsp3) is 0.391. The normalized spacial score (nSPS) is 18.7. The molecule has 0 heteroatoms. The van der Waals surface area contributed by atoms with Crippen LogP contribution in [0.4, 0.5) is 0 Å². The smallest absolute Gasteiger partial charge is 0.00320 e. The average Bonchev–Trinajstić information content (AvgIpc) is 2.84. The highest BCUT2D eigenvalue weighted by atomic mass is 14.3. The minimum atomic E-state index is 0.507. The van der Waals surface area contributed by atoms with Crippen LogP contribution in [0.15, 0.2) is 24.3 Å². The number of fused-ring (bicyclic) bond motifs is 3. The minimum Gasteiger partial charge on any atom is -0.0991 e. The predicted molar refractivity (Wildman–Crippen MR) is 103 cm³/mol. The first-order valence-electron chi connectivity index (χ1n) is 8.64. The van der Waals surface area contributed by atoms with Crippen LogP contribution in [0.25, 0.3) is 10.8 Å². The molecular weight excluding hydrogens is 276 g/mol. The van der Waals surface area contributed by atoms with Crippen LogP contribution in [0.3, 0.4) is 0 Å². The van der Waals surface area contributed by atoms with Crippen LogP contribution in [-0.2, 0) is 6.42 Å². The molecular formula is C23H28. The van der Waals surface area contributed by atoms with Gasteiger partial charge in [0, 0.05) is 5.92 Å². The summed E-state index contributed by atoms with van der Waals surface area (Å²) < 4.78 is 0. The predicted octanol–water partition coefficient (Wildman–Crippen LogP) is 6.46. The molecule has 0 amide bonds. The van der Waals surface area contributed by atoms with Gasteiger partial charge in [0.2, 0.25) is 0 Å². The van der Waals surface area contributed by atoms with Gasteiger partial charge in [0.1, 0.15) is 0 Å². The molecule has 1 aliphatic rings. The van der Waals surface area contributed by atoms with Gasteiger partial charge in [-0.25, -0.2) is 0 Å². The van der Waals surface area contributed by atoms with Crippen LogP contribution in [0, 0.1) is 41.5 Å². The lowest BCUT2D eigenvalue weighted by Gasteiger charge is -2.22. The standard InChI is InChI=1S/C23H28/c1-9-10-19-11-20-21(18(19)8)16(6)17(7)22-14(4)12(2)13(3)15(5)23(20)22/h9-10,18H,1,11H2,2-8H3/b19-10+. The average molecular weight is 304 g/mol. The van der Waals surface area contributed by atoms with Crippen molar-refractivity contribution in [3.8, 4) is 0 Å². The molecule has 0 spiro atoms. The van der Waals surface area contributed by atoms with Gasteiger partial charge in [0.25, 0.3) is 0 Å². The number of hydrogen-bond acceptors (Lipinski definition) is 0. The third-order valence-electron chi connectivity index (χ3n) is 6.36. The second-order valence-electron chi connectivity index (χ2n) is 7.27. The van der Waals surface area contributed by atoms with Crippen LogP contribution in [0.2, 0.25) is 0 Å². The summed E-state index contributed by atoms with van der Waals surface area (Å²) >= 11 is 0. The van der Waals surface area contributed by atoms with Crippen molar-refractivity contribution in [2.45, 2.75) is 60.8 Å². The van der Waals surface area contributed by atoms with Gasteiger partial charge in [0.05, 0.1) is 0 Å². The summed E-state index contributed by atoms with van der Waals surface area (Å²) in [6.07, 6.45) is 5.23. The lowest BCUT2D eigenvalue weighted by Crippen LogP contribution is -2.03. The largest absolute Gasteiger partial charge is 0.0991 e. The van der Waals surface area contributed by atoms with E-state index >= 15 is 0 Å². The van der Waals surface area contributed by atoms with E-state index in [0.717, 1.165) is 6.42 Å². The molecule has 0 bridgehead atoms.